The average molecular weight is 344 g/mol. The molecule has 1 aromatic rings. The van der Waals surface area contributed by atoms with E-state index in [1.165, 1.54) is 0 Å². The second-order valence-electron chi connectivity index (χ2n) is 6.90. The Morgan fingerprint density at radius 2 is 1.80 bits per heavy atom. The van der Waals surface area contributed by atoms with Crippen molar-refractivity contribution < 1.29 is 19.1 Å². The summed E-state index contributed by atoms with van der Waals surface area (Å²) in [5.74, 6) is -0.202. The molecule has 1 saturated heterocycles. The van der Waals surface area contributed by atoms with Crippen molar-refractivity contribution >= 4 is 17.8 Å². The van der Waals surface area contributed by atoms with Gasteiger partial charge in [0.05, 0.1) is 5.92 Å². The van der Waals surface area contributed by atoms with Crippen LogP contribution in [0.15, 0.2) is 24.3 Å². The first-order chi connectivity index (χ1) is 12.0. The monoisotopic (exact) mass is 344 g/mol. The van der Waals surface area contributed by atoms with E-state index in [0.717, 1.165) is 37.9 Å². The van der Waals surface area contributed by atoms with Crippen LogP contribution in [0.5, 0.6) is 0 Å². The molecule has 6 nitrogen and oxygen atoms in total. The predicted octanol–water partition coefficient (Wildman–Crippen LogP) is 1.74. The van der Waals surface area contributed by atoms with Gasteiger partial charge in [-0.1, -0.05) is 19.1 Å². The number of nitrogens with zero attached hydrogens (tertiary/aromatic N) is 1. The summed E-state index contributed by atoms with van der Waals surface area (Å²) in [6.45, 7) is 3.75. The van der Waals surface area contributed by atoms with E-state index < -0.39 is 0 Å². The minimum atomic E-state index is -0.320. The van der Waals surface area contributed by atoms with Crippen molar-refractivity contribution in [3.63, 3.8) is 0 Å². The highest BCUT2D eigenvalue weighted by molar-refractivity contribution is 5.94. The highest BCUT2D eigenvalue weighted by Crippen LogP contribution is 2.38. The maximum Gasteiger partial charge on any atom is 0.309 e. The molecule has 1 heterocycles. The fourth-order valence-electron chi connectivity index (χ4n) is 3.01. The van der Waals surface area contributed by atoms with Gasteiger partial charge in [-0.2, -0.15) is 0 Å². The Kier molecular flexibility index (Phi) is 5.36. The first kappa shape index (κ1) is 17.5. The first-order valence-corrected chi connectivity index (χ1v) is 8.86. The number of rotatable bonds is 6. The van der Waals surface area contributed by atoms with Crippen LogP contribution in [0.25, 0.3) is 0 Å². The summed E-state index contributed by atoms with van der Waals surface area (Å²) in [6, 6.07) is 7.25. The zero-order chi connectivity index (χ0) is 17.8. The van der Waals surface area contributed by atoms with Crippen LogP contribution in [0, 0.1) is 11.8 Å². The number of carbonyl (C=O) groups is 3. The molecular weight excluding hydrogens is 320 g/mol. The molecule has 6 heteroatoms. The van der Waals surface area contributed by atoms with Gasteiger partial charge in [-0.3, -0.25) is 14.4 Å². The Bertz CT molecular complexity index is 650. The third-order valence-corrected chi connectivity index (χ3v) is 4.84. The van der Waals surface area contributed by atoms with Crippen LogP contribution >= 0.6 is 0 Å². The molecule has 2 amide bonds. The molecule has 25 heavy (non-hydrogen) atoms. The predicted molar refractivity (Wildman–Crippen MR) is 91.7 cm³/mol. The van der Waals surface area contributed by atoms with Crippen molar-refractivity contribution in [2.45, 2.75) is 32.7 Å². The molecule has 0 spiro atoms. The molecule has 1 saturated carbocycles. The molecular formula is C19H24N2O4. The summed E-state index contributed by atoms with van der Waals surface area (Å²) in [7, 11) is 0. The fourth-order valence-corrected chi connectivity index (χ4v) is 3.01. The first-order valence-electron chi connectivity index (χ1n) is 8.86. The van der Waals surface area contributed by atoms with Crippen molar-refractivity contribution in [1.82, 2.24) is 10.2 Å². The molecule has 0 bridgehead atoms. The molecule has 1 aromatic carbocycles. The van der Waals surface area contributed by atoms with Gasteiger partial charge in [0.15, 0.2) is 6.61 Å². The topological polar surface area (TPSA) is 75.7 Å². The van der Waals surface area contributed by atoms with Gasteiger partial charge >= 0.3 is 5.97 Å². The van der Waals surface area contributed by atoms with Gasteiger partial charge < -0.3 is 15.0 Å². The average Bonchev–Trinajstić information content (AvgIpc) is 3.12. The maximum absolute atomic E-state index is 12.3. The number of nitrogens with one attached hydrogen (secondary N) is 1. The minimum absolute atomic E-state index is 0.0338. The molecule has 2 aliphatic rings. The van der Waals surface area contributed by atoms with E-state index in [4.69, 9.17) is 4.74 Å². The lowest BCUT2D eigenvalue weighted by Gasteiger charge is -2.15. The quantitative estimate of drug-likeness (QED) is 0.798. The van der Waals surface area contributed by atoms with Gasteiger partial charge in [-0.25, -0.2) is 0 Å². The van der Waals surface area contributed by atoms with E-state index in [2.05, 4.69) is 5.32 Å². The number of benzene rings is 1. The number of carbonyl (C=O) groups excluding carboxylic acids is 3. The van der Waals surface area contributed by atoms with Crippen LogP contribution in [0.4, 0.5) is 0 Å². The third-order valence-electron chi connectivity index (χ3n) is 4.84. The van der Waals surface area contributed by atoms with Gasteiger partial charge in [0, 0.05) is 25.2 Å². The van der Waals surface area contributed by atoms with E-state index in [0.29, 0.717) is 18.0 Å². The van der Waals surface area contributed by atoms with Crippen molar-refractivity contribution in [3.8, 4) is 0 Å². The van der Waals surface area contributed by atoms with E-state index in [1.807, 2.05) is 24.0 Å². The number of likely N-dealkylation sites (tertiary alicyclic amines) is 1. The molecule has 3 rings (SSSR count). The summed E-state index contributed by atoms with van der Waals surface area (Å²) in [4.78, 5) is 37.4. The molecule has 2 unspecified atom stereocenters. The second-order valence-corrected chi connectivity index (χ2v) is 6.90. The summed E-state index contributed by atoms with van der Waals surface area (Å²) in [5.41, 5.74) is 1.57. The van der Waals surface area contributed by atoms with Crippen LogP contribution in [0.1, 0.15) is 42.1 Å². The Hall–Kier alpha value is -2.37. The number of esters is 1. The Morgan fingerprint density at radius 1 is 1.16 bits per heavy atom. The number of ether oxygens (including phenoxy) is 1. The summed E-state index contributed by atoms with van der Waals surface area (Å²) >= 11 is 0. The molecule has 2 fully saturated rings. The van der Waals surface area contributed by atoms with Crippen LogP contribution < -0.4 is 5.32 Å². The molecule has 1 aliphatic carbocycles. The Balaban J connectivity index is 1.41. The van der Waals surface area contributed by atoms with Crippen molar-refractivity contribution in [3.05, 3.63) is 35.4 Å². The van der Waals surface area contributed by atoms with Crippen molar-refractivity contribution in [2.75, 3.05) is 19.7 Å². The number of hydrogen-bond donors (Lipinski definition) is 1. The summed E-state index contributed by atoms with van der Waals surface area (Å²) in [6.07, 6.45) is 2.99. The largest absolute Gasteiger partial charge is 0.455 e. The zero-order valence-electron chi connectivity index (χ0n) is 14.5. The SMILES string of the molecule is CC1CC1C(=O)OCC(=O)NCc1ccc(C(=O)N2CCCC2)cc1. The van der Waals surface area contributed by atoms with E-state index in [9.17, 15) is 14.4 Å². The normalized spacial score (nSPS) is 21.7. The number of amides is 2. The highest BCUT2D eigenvalue weighted by atomic mass is 16.5. The van der Waals surface area contributed by atoms with Crippen LogP contribution in [0.3, 0.4) is 0 Å². The molecule has 0 radical (unpaired) electrons. The van der Waals surface area contributed by atoms with Gasteiger partial charge in [0.2, 0.25) is 0 Å². The Labute approximate surface area is 147 Å². The van der Waals surface area contributed by atoms with Crippen molar-refractivity contribution in [2.24, 2.45) is 11.8 Å². The van der Waals surface area contributed by atoms with E-state index in [1.54, 1.807) is 12.1 Å². The van der Waals surface area contributed by atoms with Crippen molar-refractivity contribution in [1.29, 1.82) is 0 Å². The minimum Gasteiger partial charge on any atom is -0.455 e. The summed E-state index contributed by atoms with van der Waals surface area (Å²) < 4.78 is 4.99. The van der Waals surface area contributed by atoms with Crippen LogP contribution in [-0.2, 0) is 20.9 Å². The third kappa shape index (κ3) is 4.59. The van der Waals surface area contributed by atoms with Crippen LogP contribution in [0.2, 0.25) is 0 Å². The van der Waals surface area contributed by atoms with E-state index >= 15 is 0 Å². The molecule has 0 aromatic heterocycles. The maximum atomic E-state index is 12.3. The standard InChI is InChI=1S/C19H24N2O4/c1-13-10-16(13)19(24)25-12-17(22)20-11-14-4-6-15(7-5-14)18(23)21-8-2-3-9-21/h4-7,13,16H,2-3,8-12H2,1H3,(H,20,22). The van der Waals surface area contributed by atoms with E-state index in [-0.39, 0.29) is 30.3 Å². The lowest BCUT2D eigenvalue weighted by atomic mass is 10.1. The summed E-state index contributed by atoms with van der Waals surface area (Å²) in [5, 5.41) is 2.72. The van der Waals surface area contributed by atoms with Gasteiger partial charge in [0.1, 0.15) is 0 Å². The smallest absolute Gasteiger partial charge is 0.309 e. The number of hydrogen-bond acceptors (Lipinski definition) is 4. The highest BCUT2D eigenvalue weighted by Gasteiger charge is 2.40. The lowest BCUT2D eigenvalue weighted by molar-refractivity contribution is -0.150. The molecule has 134 valence electrons. The van der Waals surface area contributed by atoms with Gasteiger partial charge in [-0.15, -0.1) is 0 Å². The zero-order valence-corrected chi connectivity index (χ0v) is 14.5. The molecule has 1 aliphatic heterocycles. The molecule has 1 N–H and O–H groups in total. The van der Waals surface area contributed by atoms with Gasteiger partial charge in [0.25, 0.3) is 11.8 Å². The lowest BCUT2D eigenvalue weighted by Crippen LogP contribution is -2.29. The molecule has 2 atom stereocenters. The van der Waals surface area contributed by atoms with Crippen LogP contribution in [-0.4, -0.2) is 42.4 Å². The Morgan fingerprint density at radius 3 is 2.40 bits per heavy atom. The second kappa shape index (κ2) is 7.68. The van der Waals surface area contributed by atoms with Gasteiger partial charge in [-0.05, 0) is 42.9 Å². The fraction of sp³-hybridized carbons (Fsp3) is 0.526.